The van der Waals surface area contributed by atoms with E-state index in [1.807, 2.05) is 17.8 Å². The van der Waals surface area contributed by atoms with Gasteiger partial charge in [0.25, 0.3) is 0 Å². The number of carbonyl (C=O) groups excluding carboxylic acids is 1. The van der Waals surface area contributed by atoms with Crippen molar-refractivity contribution in [2.45, 2.75) is 31.6 Å². The fourth-order valence-corrected chi connectivity index (χ4v) is 2.17. The first-order valence-electron chi connectivity index (χ1n) is 4.80. The minimum absolute atomic E-state index is 0.560. The molecule has 0 N–H and O–H groups in total. The average Bonchev–Trinajstić information content (AvgIpc) is 2.72. The minimum atomic E-state index is 0.560. The Morgan fingerprint density at radius 2 is 2.23 bits per heavy atom. The average molecular weight is 178 g/mol. The number of carbonyl (C=O) groups is 1. The number of rotatable bonds is 2. The summed E-state index contributed by atoms with van der Waals surface area (Å²) in [6, 6.07) is 1.92. The van der Waals surface area contributed by atoms with Crippen LogP contribution in [-0.4, -0.2) is 16.1 Å². The van der Waals surface area contributed by atoms with Gasteiger partial charge < -0.3 is 0 Å². The minimum Gasteiger partial charge on any atom is -0.296 e. The first kappa shape index (κ1) is 8.48. The molecule has 3 heteroatoms. The van der Waals surface area contributed by atoms with E-state index in [-0.39, 0.29) is 0 Å². The third-order valence-corrected chi connectivity index (χ3v) is 2.83. The van der Waals surface area contributed by atoms with Crippen LogP contribution in [0.1, 0.15) is 47.8 Å². The molecule has 0 saturated heterocycles. The van der Waals surface area contributed by atoms with Crippen LogP contribution < -0.4 is 0 Å². The number of aryl methyl sites for hydroxylation is 1. The molecule has 1 saturated carbocycles. The Morgan fingerprint density at radius 1 is 1.54 bits per heavy atom. The lowest BCUT2D eigenvalue weighted by Crippen LogP contribution is -2.02. The first-order valence-corrected chi connectivity index (χ1v) is 4.80. The molecular weight excluding hydrogens is 164 g/mol. The zero-order valence-corrected chi connectivity index (χ0v) is 7.86. The van der Waals surface area contributed by atoms with Gasteiger partial charge in [0.1, 0.15) is 5.69 Å². The zero-order valence-electron chi connectivity index (χ0n) is 7.86. The number of nitrogens with zero attached hydrogens (tertiary/aromatic N) is 2. The van der Waals surface area contributed by atoms with E-state index < -0.39 is 0 Å². The van der Waals surface area contributed by atoms with Gasteiger partial charge in [0.2, 0.25) is 0 Å². The van der Waals surface area contributed by atoms with Crippen LogP contribution >= 0.6 is 0 Å². The van der Waals surface area contributed by atoms with Gasteiger partial charge in [-0.2, -0.15) is 5.10 Å². The largest absolute Gasteiger partial charge is 0.296 e. The van der Waals surface area contributed by atoms with Gasteiger partial charge in [0.05, 0.1) is 0 Å². The lowest BCUT2D eigenvalue weighted by atomic mass is 10.0. The Labute approximate surface area is 77.7 Å². The number of hydrogen-bond donors (Lipinski definition) is 0. The summed E-state index contributed by atoms with van der Waals surface area (Å²) < 4.78 is 1.85. The maximum atomic E-state index is 10.5. The molecule has 70 valence electrons. The monoisotopic (exact) mass is 178 g/mol. The highest BCUT2D eigenvalue weighted by molar-refractivity contribution is 5.71. The first-order chi connectivity index (χ1) is 6.31. The van der Waals surface area contributed by atoms with Gasteiger partial charge in [-0.25, -0.2) is 0 Å². The van der Waals surface area contributed by atoms with E-state index in [1.165, 1.54) is 31.4 Å². The van der Waals surface area contributed by atoms with Gasteiger partial charge in [-0.3, -0.25) is 9.48 Å². The van der Waals surface area contributed by atoms with Crippen LogP contribution in [0, 0.1) is 0 Å². The summed E-state index contributed by atoms with van der Waals surface area (Å²) in [6.07, 6.45) is 5.94. The van der Waals surface area contributed by atoms with Crippen molar-refractivity contribution in [2.24, 2.45) is 7.05 Å². The summed E-state index contributed by atoms with van der Waals surface area (Å²) in [5.41, 5.74) is 1.78. The van der Waals surface area contributed by atoms with E-state index >= 15 is 0 Å². The Morgan fingerprint density at radius 3 is 2.77 bits per heavy atom. The normalized spacial score (nSPS) is 17.9. The summed E-state index contributed by atoms with van der Waals surface area (Å²) in [6.45, 7) is 0. The highest BCUT2D eigenvalue weighted by Gasteiger charge is 2.20. The van der Waals surface area contributed by atoms with E-state index in [2.05, 4.69) is 5.10 Å². The van der Waals surface area contributed by atoms with E-state index in [0.29, 0.717) is 11.6 Å². The highest BCUT2D eigenvalue weighted by Crippen LogP contribution is 2.33. The molecule has 0 spiro atoms. The Hall–Kier alpha value is -1.12. The van der Waals surface area contributed by atoms with Crippen LogP contribution in [0.4, 0.5) is 0 Å². The standard InChI is InChI=1S/C10H14N2O/c1-12-10(6-9(7-13)11-12)8-4-2-3-5-8/h6-8H,2-5H2,1H3. The van der Waals surface area contributed by atoms with Gasteiger partial charge in [-0.1, -0.05) is 12.8 Å². The molecule has 1 fully saturated rings. The molecule has 1 aromatic heterocycles. The summed E-state index contributed by atoms with van der Waals surface area (Å²) in [5.74, 6) is 0.631. The maximum Gasteiger partial charge on any atom is 0.170 e. The Kier molecular flexibility index (Phi) is 2.17. The molecule has 1 aliphatic rings. The van der Waals surface area contributed by atoms with Crippen LogP contribution in [-0.2, 0) is 7.05 Å². The molecular formula is C10H14N2O. The second kappa shape index (κ2) is 3.32. The van der Waals surface area contributed by atoms with Crippen molar-refractivity contribution < 1.29 is 4.79 Å². The van der Waals surface area contributed by atoms with E-state index in [9.17, 15) is 4.79 Å². The van der Waals surface area contributed by atoms with Gasteiger partial charge in [-0.15, -0.1) is 0 Å². The lowest BCUT2D eigenvalue weighted by Gasteiger charge is -2.07. The van der Waals surface area contributed by atoms with Crippen LogP contribution in [0.25, 0.3) is 0 Å². The lowest BCUT2D eigenvalue weighted by molar-refractivity contribution is 0.111. The topological polar surface area (TPSA) is 34.9 Å². The fourth-order valence-electron chi connectivity index (χ4n) is 2.17. The SMILES string of the molecule is Cn1nc(C=O)cc1C1CCCC1. The van der Waals surface area contributed by atoms with Crippen molar-refractivity contribution in [3.05, 3.63) is 17.5 Å². The fraction of sp³-hybridized carbons (Fsp3) is 0.600. The number of aldehydes is 1. The van der Waals surface area contributed by atoms with Crippen molar-refractivity contribution in [1.29, 1.82) is 0 Å². The summed E-state index contributed by atoms with van der Waals surface area (Å²) >= 11 is 0. The molecule has 0 unspecified atom stereocenters. The molecule has 0 bridgehead atoms. The Bertz CT molecular complexity index is 311. The second-order valence-corrected chi connectivity index (χ2v) is 3.72. The highest BCUT2D eigenvalue weighted by atomic mass is 16.1. The van der Waals surface area contributed by atoms with Gasteiger partial charge in [0.15, 0.2) is 6.29 Å². The molecule has 2 rings (SSSR count). The third-order valence-electron chi connectivity index (χ3n) is 2.83. The Balaban J connectivity index is 2.27. The molecule has 1 aliphatic carbocycles. The molecule has 0 aliphatic heterocycles. The van der Waals surface area contributed by atoms with Crippen molar-refractivity contribution >= 4 is 6.29 Å². The molecule has 13 heavy (non-hydrogen) atoms. The summed E-state index contributed by atoms with van der Waals surface area (Å²) in [4.78, 5) is 10.5. The van der Waals surface area contributed by atoms with Crippen molar-refractivity contribution in [1.82, 2.24) is 9.78 Å². The van der Waals surface area contributed by atoms with Crippen LogP contribution in [0.2, 0.25) is 0 Å². The van der Waals surface area contributed by atoms with Crippen molar-refractivity contribution in [3.63, 3.8) is 0 Å². The van der Waals surface area contributed by atoms with E-state index in [4.69, 9.17) is 0 Å². The predicted octanol–water partition coefficient (Wildman–Crippen LogP) is 1.89. The number of hydrogen-bond acceptors (Lipinski definition) is 2. The number of aromatic nitrogens is 2. The molecule has 1 heterocycles. The molecule has 0 atom stereocenters. The molecule has 3 nitrogen and oxygen atoms in total. The summed E-state index contributed by atoms with van der Waals surface area (Å²) in [5, 5.41) is 4.12. The van der Waals surface area contributed by atoms with E-state index in [0.717, 1.165) is 6.29 Å². The third kappa shape index (κ3) is 1.50. The quantitative estimate of drug-likeness (QED) is 0.648. The molecule has 0 aromatic carbocycles. The molecule has 0 radical (unpaired) electrons. The maximum absolute atomic E-state index is 10.5. The van der Waals surface area contributed by atoms with Crippen LogP contribution in [0.15, 0.2) is 6.07 Å². The van der Waals surface area contributed by atoms with Gasteiger partial charge in [-0.05, 0) is 18.9 Å². The predicted molar refractivity (Wildman–Crippen MR) is 49.8 cm³/mol. The zero-order chi connectivity index (χ0) is 9.26. The summed E-state index contributed by atoms with van der Waals surface area (Å²) in [7, 11) is 1.92. The van der Waals surface area contributed by atoms with Gasteiger partial charge >= 0.3 is 0 Å². The molecule has 0 amide bonds. The van der Waals surface area contributed by atoms with Crippen LogP contribution in [0.5, 0.6) is 0 Å². The molecule has 1 aromatic rings. The van der Waals surface area contributed by atoms with Gasteiger partial charge in [0, 0.05) is 18.7 Å². The van der Waals surface area contributed by atoms with Crippen LogP contribution in [0.3, 0.4) is 0 Å². The van der Waals surface area contributed by atoms with Crippen molar-refractivity contribution in [3.8, 4) is 0 Å². The van der Waals surface area contributed by atoms with E-state index in [1.54, 1.807) is 0 Å². The van der Waals surface area contributed by atoms with Crippen molar-refractivity contribution in [2.75, 3.05) is 0 Å². The second-order valence-electron chi connectivity index (χ2n) is 3.72. The smallest absolute Gasteiger partial charge is 0.170 e.